The summed E-state index contributed by atoms with van der Waals surface area (Å²) in [5.41, 5.74) is 9.01. The average Bonchev–Trinajstić information content (AvgIpc) is 3.21. The lowest BCUT2D eigenvalue weighted by Crippen LogP contribution is -2.13. The average molecular weight is 347 g/mol. The highest BCUT2D eigenvalue weighted by Gasteiger charge is 2.16. The molecule has 3 aromatic rings. The second-order valence-electron chi connectivity index (χ2n) is 4.43. The van der Waals surface area contributed by atoms with E-state index >= 15 is 0 Å². The summed E-state index contributed by atoms with van der Waals surface area (Å²) in [4.78, 5) is 5.63. The summed E-state index contributed by atoms with van der Waals surface area (Å²) in [6.45, 7) is 0. The van der Waals surface area contributed by atoms with Gasteiger partial charge in [0.25, 0.3) is 0 Å². The molecule has 4 N–H and O–H groups in total. The molecule has 0 atom stereocenters. The summed E-state index contributed by atoms with van der Waals surface area (Å²) in [6.07, 6.45) is 2.04. The smallest absolute Gasteiger partial charge is 0.160 e. The summed E-state index contributed by atoms with van der Waals surface area (Å²) in [5.74, 6) is 5.63. The van der Waals surface area contributed by atoms with E-state index in [1.807, 2.05) is 30.5 Å². The van der Waals surface area contributed by atoms with Gasteiger partial charge in [0.05, 0.1) is 14.8 Å². The van der Waals surface area contributed by atoms with Crippen LogP contribution in [0.2, 0.25) is 0 Å². The van der Waals surface area contributed by atoms with Crippen LogP contribution in [0.1, 0.15) is 4.88 Å². The summed E-state index contributed by atoms with van der Waals surface area (Å²) in [5, 5.41) is 6.63. The van der Waals surface area contributed by atoms with Gasteiger partial charge in [-0.15, -0.1) is 34.4 Å². The molecule has 0 bridgehead atoms. The number of hydrogen-bond donors (Lipinski definition) is 2. The van der Waals surface area contributed by atoms with E-state index in [0.29, 0.717) is 5.84 Å². The van der Waals surface area contributed by atoms with Crippen molar-refractivity contribution < 1.29 is 0 Å². The fraction of sp³-hybridized carbons (Fsp3) is 0.0667. The second-order valence-corrected chi connectivity index (χ2v) is 7.42. The van der Waals surface area contributed by atoms with Gasteiger partial charge in [0, 0.05) is 16.5 Å². The number of hydrazone groups is 1. The van der Waals surface area contributed by atoms with Gasteiger partial charge in [-0.3, -0.25) is 0 Å². The normalized spacial score (nSPS) is 11.8. The van der Waals surface area contributed by atoms with Crippen LogP contribution in [-0.4, -0.2) is 17.1 Å². The van der Waals surface area contributed by atoms with Crippen LogP contribution in [0.4, 0.5) is 0 Å². The first-order valence-corrected chi connectivity index (χ1v) is 9.38. The monoisotopic (exact) mass is 346 g/mol. The van der Waals surface area contributed by atoms with E-state index in [0.717, 1.165) is 30.9 Å². The quantitative estimate of drug-likeness (QED) is 0.247. The Hall–Kier alpha value is -1.83. The predicted molar refractivity (Wildman–Crippen MR) is 97.6 cm³/mol. The van der Waals surface area contributed by atoms with Gasteiger partial charge in [-0.1, -0.05) is 30.3 Å². The van der Waals surface area contributed by atoms with E-state index in [-0.39, 0.29) is 0 Å². The second kappa shape index (κ2) is 6.51. The lowest BCUT2D eigenvalue weighted by atomic mass is 10.2. The van der Waals surface area contributed by atoms with Gasteiger partial charge in [0.1, 0.15) is 5.01 Å². The first-order chi connectivity index (χ1) is 10.7. The van der Waals surface area contributed by atoms with Crippen LogP contribution >= 0.6 is 34.4 Å². The molecule has 112 valence electrons. The summed E-state index contributed by atoms with van der Waals surface area (Å²) in [7, 11) is 0. The maximum Gasteiger partial charge on any atom is 0.160 e. The molecule has 0 aliphatic carbocycles. The number of benzene rings is 1. The van der Waals surface area contributed by atoms with Gasteiger partial charge < -0.3 is 11.6 Å². The number of amidine groups is 1. The molecule has 0 fully saturated rings. The Bertz CT molecular complexity index is 805. The van der Waals surface area contributed by atoms with E-state index in [4.69, 9.17) is 16.6 Å². The Morgan fingerprint density at radius 1 is 1.27 bits per heavy atom. The Balaban J connectivity index is 2.02. The molecule has 0 unspecified atom stereocenters. The third kappa shape index (κ3) is 2.87. The van der Waals surface area contributed by atoms with Crippen molar-refractivity contribution >= 4 is 40.3 Å². The van der Waals surface area contributed by atoms with Crippen molar-refractivity contribution in [1.82, 2.24) is 4.98 Å². The molecule has 0 aliphatic rings. The van der Waals surface area contributed by atoms with Gasteiger partial charge in [-0.25, -0.2) is 4.98 Å². The molecule has 1 aromatic carbocycles. The zero-order valence-corrected chi connectivity index (χ0v) is 14.3. The molecule has 4 nitrogen and oxygen atoms in total. The molecule has 7 heteroatoms. The van der Waals surface area contributed by atoms with Crippen molar-refractivity contribution in [3.8, 4) is 21.8 Å². The molecule has 2 aromatic heterocycles. The summed E-state index contributed by atoms with van der Waals surface area (Å²) in [6, 6.07) is 12.2. The number of thioether (sulfide) groups is 1. The van der Waals surface area contributed by atoms with Crippen molar-refractivity contribution in [2.75, 3.05) is 6.26 Å². The Labute approximate surface area is 140 Å². The number of hydrogen-bond acceptors (Lipinski definition) is 6. The van der Waals surface area contributed by atoms with Gasteiger partial charge in [0.15, 0.2) is 5.84 Å². The van der Waals surface area contributed by atoms with Gasteiger partial charge in [0.2, 0.25) is 0 Å². The van der Waals surface area contributed by atoms with Crippen molar-refractivity contribution in [2.24, 2.45) is 16.7 Å². The van der Waals surface area contributed by atoms with Gasteiger partial charge in [-0.2, -0.15) is 5.10 Å². The fourth-order valence-corrected chi connectivity index (χ4v) is 4.76. The number of nitrogens with zero attached hydrogens (tertiary/aromatic N) is 2. The summed E-state index contributed by atoms with van der Waals surface area (Å²) >= 11 is 4.89. The van der Waals surface area contributed by atoms with Crippen molar-refractivity contribution in [3.05, 3.63) is 46.7 Å². The lowest BCUT2D eigenvalue weighted by molar-refractivity contribution is 1.23. The van der Waals surface area contributed by atoms with Gasteiger partial charge >= 0.3 is 0 Å². The summed E-state index contributed by atoms with van der Waals surface area (Å²) < 4.78 is 1.16. The zero-order chi connectivity index (χ0) is 15.5. The van der Waals surface area contributed by atoms with E-state index in [9.17, 15) is 0 Å². The molecule has 22 heavy (non-hydrogen) atoms. The minimum absolute atomic E-state index is 0.353. The highest BCUT2D eigenvalue weighted by Crippen LogP contribution is 2.40. The van der Waals surface area contributed by atoms with Gasteiger partial charge in [-0.05, 0) is 12.3 Å². The van der Waals surface area contributed by atoms with E-state index in [1.54, 1.807) is 34.4 Å². The fourth-order valence-electron chi connectivity index (χ4n) is 2.00. The molecule has 0 radical (unpaired) electrons. The van der Waals surface area contributed by atoms with Crippen LogP contribution in [0.5, 0.6) is 0 Å². The van der Waals surface area contributed by atoms with Crippen LogP contribution < -0.4 is 11.6 Å². The Morgan fingerprint density at radius 3 is 2.73 bits per heavy atom. The SMILES string of the molecule is CSc1sc(C(N)=NN)cc1-c1nc(-c2ccccc2)cs1. The lowest BCUT2D eigenvalue weighted by Gasteiger charge is -1.96. The van der Waals surface area contributed by atoms with Crippen LogP contribution in [0.25, 0.3) is 21.8 Å². The standard InChI is InChI=1S/C15H14N4S3/c1-20-15-10(7-12(22-15)13(16)19-17)14-18-11(8-21-14)9-5-3-2-4-6-9/h2-8H,17H2,1H3,(H2,16,19). The highest BCUT2D eigenvalue weighted by molar-refractivity contribution is 8.00. The first-order valence-electron chi connectivity index (χ1n) is 6.45. The first kappa shape index (κ1) is 15.1. The molecular weight excluding hydrogens is 332 g/mol. The topological polar surface area (TPSA) is 77.3 Å². The maximum absolute atomic E-state index is 5.81. The van der Waals surface area contributed by atoms with Crippen molar-refractivity contribution in [1.29, 1.82) is 0 Å². The van der Waals surface area contributed by atoms with Crippen LogP contribution in [-0.2, 0) is 0 Å². The van der Waals surface area contributed by atoms with Crippen LogP contribution in [0.15, 0.2) is 51.1 Å². The minimum atomic E-state index is 0.353. The highest BCUT2D eigenvalue weighted by atomic mass is 32.2. The largest absolute Gasteiger partial charge is 0.381 e. The number of aromatic nitrogens is 1. The molecule has 0 aliphatic heterocycles. The van der Waals surface area contributed by atoms with E-state index in [1.165, 1.54) is 0 Å². The molecule has 0 spiro atoms. The molecule has 3 rings (SSSR count). The minimum Gasteiger partial charge on any atom is -0.381 e. The van der Waals surface area contributed by atoms with E-state index in [2.05, 4.69) is 22.6 Å². The Morgan fingerprint density at radius 2 is 2.05 bits per heavy atom. The third-order valence-electron chi connectivity index (χ3n) is 3.08. The molecule has 2 heterocycles. The van der Waals surface area contributed by atoms with Crippen molar-refractivity contribution in [3.63, 3.8) is 0 Å². The number of thiophene rings is 1. The third-order valence-corrected chi connectivity index (χ3v) is 6.25. The Kier molecular flexibility index (Phi) is 4.47. The number of thiazole rings is 1. The molecular formula is C15H14N4S3. The van der Waals surface area contributed by atoms with Crippen LogP contribution in [0.3, 0.4) is 0 Å². The van der Waals surface area contributed by atoms with Crippen LogP contribution in [0, 0.1) is 0 Å². The number of nitrogens with two attached hydrogens (primary N) is 2. The molecule has 0 saturated carbocycles. The zero-order valence-electron chi connectivity index (χ0n) is 11.8. The molecule has 0 saturated heterocycles. The maximum atomic E-state index is 5.81. The predicted octanol–water partition coefficient (Wildman–Crippen LogP) is 3.84. The number of rotatable bonds is 4. The molecule has 0 amide bonds. The van der Waals surface area contributed by atoms with Crippen molar-refractivity contribution in [2.45, 2.75) is 4.21 Å². The van der Waals surface area contributed by atoms with E-state index < -0.39 is 0 Å².